The molecule has 2 heterocycles. The molecule has 6 rings (SSSR count). The van der Waals surface area contributed by atoms with Gasteiger partial charge in [-0.05, 0) is 47.0 Å². The number of carbonyl (C=O) groups excluding carboxylic acids is 3. The molecule has 0 radical (unpaired) electrons. The maximum Gasteiger partial charge on any atom is 0.261 e. The molecule has 3 atom stereocenters. The van der Waals surface area contributed by atoms with Crippen molar-refractivity contribution in [3.05, 3.63) is 102 Å². The summed E-state index contributed by atoms with van der Waals surface area (Å²) in [5.41, 5.74) is 3.25. The maximum absolute atomic E-state index is 14.2. The van der Waals surface area contributed by atoms with E-state index in [1.165, 1.54) is 17.6 Å². The lowest BCUT2D eigenvalue weighted by Gasteiger charge is -2.38. The van der Waals surface area contributed by atoms with Crippen molar-refractivity contribution in [2.75, 3.05) is 51.3 Å². The lowest BCUT2D eigenvalue weighted by molar-refractivity contribution is -0.142. The molecule has 2 aliphatic heterocycles. The number of rotatable bonds is 10. The number of nitrogens with one attached hydrogen (secondary N) is 1. The molecule has 2 unspecified atom stereocenters. The van der Waals surface area contributed by atoms with Gasteiger partial charge < -0.3 is 34.6 Å². The number of β-amino-alcohol motifs (C(OH)–C–C–N with tert-alkyl or cyclic N) is 1. The first-order valence-electron chi connectivity index (χ1n) is 16.4. The van der Waals surface area contributed by atoms with E-state index in [4.69, 9.17) is 9.47 Å². The third-order valence-corrected chi connectivity index (χ3v) is 9.24. The number of aliphatic hydroxyl groups excluding tert-OH is 1. The Labute approximate surface area is 280 Å². The van der Waals surface area contributed by atoms with E-state index in [2.05, 4.69) is 29.3 Å². The molecular formula is C38H42N4O6. The maximum atomic E-state index is 14.2. The molecule has 10 heteroatoms. The topological polar surface area (TPSA) is 112 Å². The van der Waals surface area contributed by atoms with Crippen molar-refractivity contribution in [1.82, 2.24) is 15.1 Å². The molecule has 2 aliphatic rings. The van der Waals surface area contributed by atoms with Gasteiger partial charge in [0, 0.05) is 51.3 Å². The quantitative estimate of drug-likeness (QED) is 0.270. The summed E-state index contributed by atoms with van der Waals surface area (Å²) in [4.78, 5) is 46.8. The standard InChI is InChI=1S/C38H42N4O6/c1-26-9-3-6-12-32(26)40-17-19-41(20-18-40)38(46)31(22-27-15-16-28-10-4-5-11-29(28)21-27)39-37(45)33-23-30(43)24-42(33)36(44)25-48-35-14-8-7-13-34(35)47-2/h3-16,21,30-31,33,43H,17-20,22-25H2,1-2H3,(H,39,45)/t30-,31?,33?/m1/s1. The zero-order valence-electron chi connectivity index (χ0n) is 27.4. The molecule has 0 aromatic heterocycles. The SMILES string of the molecule is COc1ccccc1OCC(=O)N1C[C@H](O)CC1C(=O)NC(Cc1ccc2ccccc2c1)C(=O)N1CCN(c2ccccc2C)CC1. The fourth-order valence-corrected chi connectivity index (χ4v) is 6.67. The van der Waals surface area contributed by atoms with Gasteiger partial charge in [-0.3, -0.25) is 14.4 Å². The first kappa shape index (κ1) is 32.8. The van der Waals surface area contributed by atoms with Crippen molar-refractivity contribution >= 4 is 34.2 Å². The number of methoxy groups -OCH3 is 1. The molecule has 3 amide bonds. The van der Waals surface area contributed by atoms with Crippen LogP contribution in [0.15, 0.2) is 91.0 Å². The van der Waals surface area contributed by atoms with Crippen LogP contribution in [0.2, 0.25) is 0 Å². The highest BCUT2D eigenvalue weighted by molar-refractivity contribution is 5.93. The van der Waals surface area contributed by atoms with E-state index >= 15 is 0 Å². The van der Waals surface area contributed by atoms with Gasteiger partial charge in [0.15, 0.2) is 18.1 Å². The van der Waals surface area contributed by atoms with E-state index in [0.717, 1.165) is 22.0 Å². The molecule has 0 saturated carbocycles. The summed E-state index contributed by atoms with van der Waals surface area (Å²) < 4.78 is 11.0. The first-order valence-corrected chi connectivity index (χ1v) is 16.4. The minimum absolute atomic E-state index is 0.00362. The summed E-state index contributed by atoms with van der Waals surface area (Å²) in [6.45, 7) is 4.14. The van der Waals surface area contributed by atoms with Gasteiger partial charge in [0.2, 0.25) is 11.8 Å². The smallest absolute Gasteiger partial charge is 0.261 e. The Morgan fingerprint density at radius 2 is 1.56 bits per heavy atom. The number of nitrogens with zero attached hydrogens (tertiary/aromatic N) is 3. The molecule has 48 heavy (non-hydrogen) atoms. The Balaban J connectivity index is 1.18. The van der Waals surface area contributed by atoms with E-state index in [9.17, 15) is 19.5 Å². The van der Waals surface area contributed by atoms with Gasteiger partial charge in [0.1, 0.15) is 12.1 Å². The number of piperazine rings is 1. The van der Waals surface area contributed by atoms with Gasteiger partial charge in [-0.25, -0.2) is 0 Å². The number of hydrogen-bond donors (Lipinski definition) is 2. The van der Waals surface area contributed by atoms with E-state index < -0.39 is 30.0 Å². The average Bonchev–Trinajstić information content (AvgIpc) is 3.52. The molecule has 10 nitrogen and oxygen atoms in total. The number of amides is 3. The fraction of sp³-hybridized carbons (Fsp3) is 0.342. The van der Waals surface area contributed by atoms with E-state index in [1.807, 2.05) is 59.5 Å². The third-order valence-electron chi connectivity index (χ3n) is 9.24. The van der Waals surface area contributed by atoms with Gasteiger partial charge in [-0.1, -0.05) is 72.8 Å². The Hall–Kier alpha value is -5.09. The van der Waals surface area contributed by atoms with Crippen molar-refractivity contribution in [3.63, 3.8) is 0 Å². The molecule has 250 valence electrons. The molecular weight excluding hydrogens is 608 g/mol. The van der Waals surface area contributed by atoms with Crippen LogP contribution in [-0.2, 0) is 20.8 Å². The van der Waals surface area contributed by atoms with Crippen molar-refractivity contribution in [3.8, 4) is 11.5 Å². The number of anilines is 1. The summed E-state index contributed by atoms with van der Waals surface area (Å²) in [5, 5.41) is 15.7. The van der Waals surface area contributed by atoms with Crippen LogP contribution < -0.4 is 19.7 Å². The van der Waals surface area contributed by atoms with Gasteiger partial charge in [-0.15, -0.1) is 0 Å². The molecule has 2 saturated heterocycles. The molecule has 0 spiro atoms. The molecule has 4 aromatic carbocycles. The van der Waals surface area contributed by atoms with E-state index in [-0.39, 0.29) is 31.9 Å². The Morgan fingerprint density at radius 1 is 0.875 bits per heavy atom. The number of aryl methyl sites for hydroxylation is 1. The van der Waals surface area contributed by atoms with Crippen molar-refractivity contribution in [2.24, 2.45) is 0 Å². The van der Waals surface area contributed by atoms with Gasteiger partial charge in [-0.2, -0.15) is 0 Å². The Morgan fingerprint density at radius 3 is 2.31 bits per heavy atom. The van der Waals surface area contributed by atoms with Crippen LogP contribution in [0.4, 0.5) is 5.69 Å². The molecule has 2 fully saturated rings. The number of benzene rings is 4. The van der Waals surface area contributed by atoms with Crippen LogP contribution in [0.5, 0.6) is 11.5 Å². The second kappa shape index (κ2) is 14.8. The first-order chi connectivity index (χ1) is 23.3. The number of likely N-dealkylation sites (tertiary alicyclic amines) is 1. The number of carbonyl (C=O) groups is 3. The summed E-state index contributed by atoms with van der Waals surface area (Å²) in [6.07, 6.45) is -0.522. The number of hydrogen-bond acceptors (Lipinski definition) is 7. The van der Waals surface area contributed by atoms with Gasteiger partial charge in [0.25, 0.3) is 5.91 Å². The normalized spacial score (nSPS) is 18.4. The summed E-state index contributed by atoms with van der Waals surface area (Å²) >= 11 is 0. The number of para-hydroxylation sites is 3. The van der Waals surface area contributed by atoms with Gasteiger partial charge in [0.05, 0.1) is 13.2 Å². The Bertz CT molecular complexity index is 1770. The second-order valence-corrected chi connectivity index (χ2v) is 12.4. The van der Waals surface area contributed by atoms with Crippen LogP contribution in [-0.4, -0.2) is 97.3 Å². The van der Waals surface area contributed by atoms with Gasteiger partial charge >= 0.3 is 0 Å². The average molecular weight is 651 g/mol. The lowest BCUT2D eigenvalue weighted by atomic mass is 10.00. The van der Waals surface area contributed by atoms with Crippen molar-refractivity contribution in [2.45, 2.75) is 38.0 Å². The van der Waals surface area contributed by atoms with Crippen LogP contribution in [0, 0.1) is 6.92 Å². The van der Waals surface area contributed by atoms with E-state index in [0.29, 0.717) is 37.7 Å². The molecule has 4 aromatic rings. The zero-order chi connectivity index (χ0) is 33.6. The second-order valence-electron chi connectivity index (χ2n) is 12.4. The number of ether oxygens (including phenoxy) is 2. The van der Waals surface area contributed by atoms with Crippen LogP contribution >= 0.6 is 0 Å². The van der Waals surface area contributed by atoms with Crippen LogP contribution in [0.25, 0.3) is 10.8 Å². The highest BCUT2D eigenvalue weighted by atomic mass is 16.5. The summed E-state index contributed by atoms with van der Waals surface area (Å²) in [5.74, 6) is -0.206. The van der Waals surface area contributed by atoms with Crippen LogP contribution in [0.3, 0.4) is 0 Å². The predicted molar refractivity (Wildman–Crippen MR) is 184 cm³/mol. The summed E-state index contributed by atoms with van der Waals surface area (Å²) in [6, 6.07) is 27.5. The van der Waals surface area contributed by atoms with Crippen molar-refractivity contribution in [1.29, 1.82) is 0 Å². The summed E-state index contributed by atoms with van der Waals surface area (Å²) in [7, 11) is 1.51. The monoisotopic (exact) mass is 650 g/mol. The molecule has 2 N–H and O–H groups in total. The largest absolute Gasteiger partial charge is 0.493 e. The van der Waals surface area contributed by atoms with Crippen LogP contribution in [0.1, 0.15) is 17.5 Å². The minimum atomic E-state index is -0.946. The highest BCUT2D eigenvalue weighted by Crippen LogP contribution is 2.27. The van der Waals surface area contributed by atoms with E-state index in [1.54, 1.807) is 24.3 Å². The predicted octanol–water partition coefficient (Wildman–Crippen LogP) is 3.57. The minimum Gasteiger partial charge on any atom is -0.493 e. The lowest BCUT2D eigenvalue weighted by Crippen LogP contribution is -2.58. The third kappa shape index (κ3) is 7.39. The van der Waals surface area contributed by atoms with Crippen molar-refractivity contribution < 1.29 is 29.0 Å². The zero-order valence-corrected chi connectivity index (χ0v) is 27.4. The number of aliphatic hydroxyl groups is 1. The fourth-order valence-electron chi connectivity index (χ4n) is 6.67. The highest BCUT2D eigenvalue weighted by Gasteiger charge is 2.41. The Kier molecular flexibility index (Phi) is 10.1. The molecule has 0 aliphatic carbocycles. The molecule has 0 bridgehead atoms. The number of fused-ring (bicyclic) bond motifs is 1.